The highest BCUT2D eigenvalue weighted by Gasteiger charge is 2.19. The molecule has 0 radical (unpaired) electrons. The van der Waals surface area contributed by atoms with E-state index < -0.39 is 6.10 Å². The van der Waals surface area contributed by atoms with E-state index in [-0.39, 0.29) is 31.1 Å². The zero-order valence-electron chi connectivity index (χ0n) is 48.3. The summed E-state index contributed by atoms with van der Waals surface area (Å²) < 4.78 is 16.9. The van der Waals surface area contributed by atoms with E-state index in [1.807, 2.05) is 72.9 Å². The van der Waals surface area contributed by atoms with Crippen LogP contribution >= 0.6 is 0 Å². The number of carbonyl (C=O) groups excluding carboxylic acids is 3. The van der Waals surface area contributed by atoms with Crippen molar-refractivity contribution < 1.29 is 28.6 Å². The molecule has 1 atom stereocenters. The van der Waals surface area contributed by atoms with Gasteiger partial charge in [-0.3, -0.25) is 14.4 Å². The molecule has 6 nitrogen and oxygen atoms in total. The zero-order valence-corrected chi connectivity index (χ0v) is 48.3. The molecule has 0 amide bonds. The van der Waals surface area contributed by atoms with Crippen molar-refractivity contribution in [3.63, 3.8) is 0 Å². The quantitative estimate of drug-likeness (QED) is 0.0199. The van der Waals surface area contributed by atoms with Crippen molar-refractivity contribution in [1.82, 2.24) is 0 Å². The molecule has 0 saturated heterocycles. The lowest BCUT2D eigenvalue weighted by molar-refractivity contribution is -0.167. The van der Waals surface area contributed by atoms with Gasteiger partial charge in [0.25, 0.3) is 0 Å². The van der Waals surface area contributed by atoms with Crippen molar-refractivity contribution in [2.75, 3.05) is 13.2 Å². The average Bonchev–Trinajstić information content (AvgIpc) is 3.41. The predicted molar refractivity (Wildman–Crippen MR) is 325 cm³/mol. The molecule has 0 heterocycles. The Labute approximate surface area is 461 Å². The number of hydrogen-bond acceptors (Lipinski definition) is 6. The van der Waals surface area contributed by atoms with Gasteiger partial charge in [-0.25, -0.2) is 0 Å². The highest BCUT2D eigenvalue weighted by atomic mass is 16.6. The first-order valence-electron chi connectivity index (χ1n) is 30.5. The van der Waals surface area contributed by atoms with Crippen molar-refractivity contribution in [2.45, 2.75) is 258 Å². The second-order valence-electron chi connectivity index (χ2n) is 19.7. The molecule has 0 aliphatic rings. The third kappa shape index (κ3) is 60.0. The van der Waals surface area contributed by atoms with Crippen molar-refractivity contribution >= 4 is 17.9 Å². The van der Waals surface area contributed by atoms with Gasteiger partial charge in [0.1, 0.15) is 13.2 Å². The molecular formula is C69H110O6. The Hall–Kier alpha value is -4.71. The summed E-state index contributed by atoms with van der Waals surface area (Å²) >= 11 is 0. The van der Waals surface area contributed by atoms with Crippen LogP contribution in [0.2, 0.25) is 0 Å². The summed E-state index contributed by atoms with van der Waals surface area (Å²) in [5.41, 5.74) is 0. The molecule has 0 saturated carbocycles. The number of hydrogen-bond donors (Lipinski definition) is 0. The van der Waals surface area contributed by atoms with E-state index in [4.69, 9.17) is 14.2 Å². The highest BCUT2D eigenvalue weighted by Crippen LogP contribution is 2.15. The van der Waals surface area contributed by atoms with Gasteiger partial charge in [-0.1, -0.05) is 282 Å². The van der Waals surface area contributed by atoms with Crippen molar-refractivity contribution in [2.24, 2.45) is 0 Å². The van der Waals surface area contributed by atoms with Crippen LogP contribution in [-0.4, -0.2) is 37.2 Å². The fourth-order valence-electron chi connectivity index (χ4n) is 8.02. The Morgan fingerprint density at radius 3 is 1.00 bits per heavy atom. The van der Waals surface area contributed by atoms with Gasteiger partial charge < -0.3 is 14.2 Å². The number of ether oxygens (including phenoxy) is 3. The molecule has 0 spiro atoms. The lowest BCUT2D eigenvalue weighted by Gasteiger charge is -2.18. The summed E-state index contributed by atoms with van der Waals surface area (Å²) in [5.74, 6) is -0.959. The van der Waals surface area contributed by atoms with Gasteiger partial charge in [0.05, 0.1) is 0 Å². The molecule has 1 unspecified atom stereocenters. The summed E-state index contributed by atoms with van der Waals surface area (Å²) in [6, 6.07) is 0. The van der Waals surface area contributed by atoms with Crippen LogP contribution in [0, 0.1) is 0 Å². The Bertz CT molecular complexity index is 1660. The maximum atomic E-state index is 12.9. The van der Waals surface area contributed by atoms with E-state index in [2.05, 4.69) is 93.7 Å². The van der Waals surface area contributed by atoms with Gasteiger partial charge in [0, 0.05) is 19.3 Å². The van der Waals surface area contributed by atoms with Crippen LogP contribution in [0.5, 0.6) is 0 Å². The molecule has 422 valence electrons. The van der Waals surface area contributed by atoms with Gasteiger partial charge in [0.2, 0.25) is 0 Å². The minimum atomic E-state index is -0.810. The normalized spacial score (nSPS) is 13.2. The SMILES string of the molecule is CC\C=C/C=C\C=C/C=C\C=C\C=C/C=C\CCCCCC(=O)OCC(COC(=O)CCCCCCCCCCCC/C=C\C=C/CCCCC)OC(=O)CCCCCCCCCCC/C=C\C/C=C\C/C=C\CC. The second kappa shape index (κ2) is 61.8. The van der Waals surface area contributed by atoms with Crippen molar-refractivity contribution in [3.8, 4) is 0 Å². The van der Waals surface area contributed by atoms with Gasteiger partial charge in [-0.2, -0.15) is 0 Å². The molecule has 0 rings (SSSR count). The summed E-state index contributed by atoms with van der Waals surface area (Å²) in [4.78, 5) is 38.3. The first-order chi connectivity index (χ1) is 37.0. The van der Waals surface area contributed by atoms with Crippen LogP contribution in [0.3, 0.4) is 0 Å². The number of allylic oxidation sites excluding steroid dienone is 24. The molecule has 0 fully saturated rings. The summed E-state index contributed by atoms with van der Waals surface area (Å²) in [6.07, 6.45) is 88.3. The standard InChI is InChI=1S/C69H110O6/c1-4-7-10-13-16-19-22-25-28-31-34-37-40-43-46-49-52-55-58-61-67(70)73-64-66(75-69(72)63-60-57-54-51-48-45-42-39-36-33-30-27-24-21-18-15-12-9-6-3)65-74-68(71)62-59-56-53-50-47-44-41-38-35-32-29-26-23-20-17-14-11-8-5-2/h7,9-10,12-13,16-23,25-28,30-31,34,37,40,43,46,66H,4-6,8,11,14-15,24,29,32-33,35-36,38-39,41-42,44-45,47-65H2,1-3H3/b10-7-,12-9-,16-13-,20-17-,21-18-,22-19-,26-23-,28-25-,30-27-,34-31+,40-37-,46-43-. The summed E-state index contributed by atoms with van der Waals surface area (Å²) in [6.45, 7) is 6.31. The number of rotatable bonds is 53. The number of esters is 3. The molecule has 0 aromatic rings. The first kappa shape index (κ1) is 70.3. The molecule has 0 aromatic heterocycles. The van der Waals surface area contributed by atoms with Crippen LogP contribution in [0.15, 0.2) is 146 Å². The van der Waals surface area contributed by atoms with Crippen molar-refractivity contribution in [1.29, 1.82) is 0 Å². The second-order valence-corrected chi connectivity index (χ2v) is 19.7. The largest absolute Gasteiger partial charge is 0.462 e. The zero-order chi connectivity index (χ0) is 54.3. The van der Waals surface area contributed by atoms with E-state index in [0.29, 0.717) is 19.3 Å². The molecule has 0 aliphatic carbocycles. The van der Waals surface area contributed by atoms with E-state index in [1.165, 1.54) is 116 Å². The molecule has 0 bridgehead atoms. The molecule has 0 aliphatic heterocycles. The first-order valence-corrected chi connectivity index (χ1v) is 30.5. The number of carbonyl (C=O) groups is 3. The maximum absolute atomic E-state index is 12.9. The lowest BCUT2D eigenvalue weighted by Crippen LogP contribution is -2.30. The molecule has 0 N–H and O–H groups in total. The topological polar surface area (TPSA) is 78.9 Å². The van der Waals surface area contributed by atoms with Gasteiger partial charge in [-0.15, -0.1) is 0 Å². The minimum Gasteiger partial charge on any atom is -0.462 e. The Balaban J connectivity index is 4.52. The van der Waals surface area contributed by atoms with E-state index in [9.17, 15) is 14.4 Å². The molecule has 0 aromatic carbocycles. The number of unbranched alkanes of at least 4 members (excludes halogenated alkanes) is 25. The van der Waals surface area contributed by atoms with Crippen LogP contribution in [-0.2, 0) is 28.6 Å². The molecule has 6 heteroatoms. The Morgan fingerprint density at radius 1 is 0.293 bits per heavy atom. The maximum Gasteiger partial charge on any atom is 0.306 e. The van der Waals surface area contributed by atoms with Crippen LogP contribution in [0.1, 0.15) is 252 Å². The Kier molecular flexibility index (Phi) is 58.0. The van der Waals surface area contributed by atoms with Crippen LogP contribution < -0.4 is 0 Å². The summed E-state index contributed by atoms with van der Waals surface area (Å²) in [7, 11) is 0. The third-order valence-corrected chi connectivity index (χ3v) is 12.5. The monoisotopic (exact) mass is 1030 g/mol. The molecular weight excluding hydrogens is 925 g/mol. The molecule has 75 heavy (non-hydrogen) atoms. The van der Waals surface area contributed by atoms with Crippen LogP contribution in [0.4, 0.5) is 0 Å². The smallest absolute Gasteiger partial charge is 0.306 e. The predicted octanol–water partition coefficient (Wildman–Crippen LogP) is 20.8. The minimum absolute atomic E-state index is 0.102. The van der Waals surface area contributed by atoms with Gasteiger partial charge in [0.15, 0.2) is 6.10 Å². The van der Waals surface area contributed by atoms with Gasteiger partial charge in [-0.05, 0) is 96.3 Å². The average molecular weight is 1040 g/mol. The highest BCUT2D eigenvalue weighted by molar-refractivity contribution is 5.71. The third-order valence-electron chi connectivity index (χ3n) is 12.5. The van der Waals surface area contributed by atoms with E-state index in [0.717, 1.165) is 96.3 Å². The Morgan fingerprint density at radius 2 is 0.587 bits per heavy atom. The summed E-state index contributed by atoms with van der Waals surface area (Å²) in [5, 5.41) is 0. The van der Waals surface area contributed by atoms with Crippen molar-refractivity contribution in [3.05, 3.63) is 146 Å². The van der Waals surface area contributed by atoms with E-state index in [1.54, 1.807) is 0 Å². The fourth-order valence-corrected chi connectivity index (χ4v) is 8.02. The van der Waals surface area contributed by atoms with Gasteiger partial charge >= 0.3 is 17.9 Å². The van der Waals surface area contributed by atoms with Crippen LogP contribution in [0.25, 0.3) is 0 Å². The van der Waals surface area contributed by atoms with E-state index >= 15 is 0 Å². The fraction of sp³-hybridized carbons (Fsp3) is 0.609. The lowest BCUT2D eigenvalue weighted by atomic mass is 10.1.